The molecule has 0 fully saturated rings. The maximum Gasteiger partial charge on any atom is 0.109 e. The van der Waals surface area contributed by atoms with Crippen molar-refractivity contribution < 1.29 is 0 Å². The van der Waals surface area contributed by atoms with Crippen LogP contribution in [0.15, 0.2) is 11.6 Å². The van der Waals surface area contributed by atoms with Gasteiger partial charge in [0.15, 0.2) is 0 Å². The molecule has 0 radical (unpaired) electrons. The maximum atomic E-state index is 6.23. The lowest BCUT2D eigenvalue weighted by molar-refractivity contribution is 0.501. The van der Waals surface area contributed by atoms with Crippen molar-refractivity contribution >= 4 is 22.9 Å². The quantitative estimate of drug-likeness (QED) is 0.917. The summed E-state index contributed by atoms with van der Waals surface area (Å²) < 4.78 is 1.83. The summed E-state index contributed by atoms with van der Waals surface area (Å²) in [6.07, 6.45) is 2.84. The number of thiazole rings is 1. The fourth-order valence-corrected chi connectivity index (χ4v) is 2.93. The molecule has 4 nitrogen and oxygen atoms in total. The van der Waals surface area contributed by atoms with E-state index >= 15 is 0 Å². The molecule has 1 unspecified atom stereocenters. The van der Waals surface area contributed by atoms with Gasteiger partial charge in [0.1, 0.15) is 5.01 Å². The van der Waals surface area contributed by atoms with Gasteiger partial charge in [0, 0.05) is 25.2 Å². The largest absolute Gasteiger partial charge is 0.302 e. The second-order valence-corrected chi connectivity index (χ2v) is 5.49. The molecule has 0 amide bonds. The Morgan fingerprint density at radius 3 is 2.83 bits per heavy atom. The molecule has 2 heterocycles. The average molecular weight is 285 g/mol. The fraction of sp³-hybridized carbons (Fsp3) is 0.500. The number of nitrogens with zero attached hydrogens (tertiary/aromatic N) is 3. The molecule has 0 aromatic carbocycles. The van der Waals surface area contributed by atoms with Gasteiger partial charge in [0.25, 0.3) is 0 Å². The first-order chi connectivity index (χ1) is 8.63. The Bertz CT molecular complexity index is 506. The van der Waals surface area contributed by atoms with Crippen molar-refractivity contribution in [2.24, 2.45) is 7.05 Å². The normalized spacial score (nSPS) is 12.9. The third-order valence-electron chi connectivity index (χ3n) is 2.94. The molecule has 1 atom stereocenters. The maximum absolute atomic E-state index is 6.23. The van der Waals surface area contributed by atoms with E-state index in [4.69, 9.17) is 11.6 Å². The van der Waals surface area contributed by atoms with Crippen molar-refractivity contribution in [2.75, 3.05) is 0 Å². The van der Waals surface area contributed by atoms with Crippen molar-refractivity contribution in [1.29, 1.82) is 0 Å². The summed E-state index contributed by atoms with van der Waals surface area (Å²) in [6.45, 7) is 4.77. The van der Waals surface area contributed by atoms with Gasteiger partial charge in [-0.15, -0.1) is 11.3 Å². The molecule has 2 aromatic heterocycles. The fourth-order valence-electron chi connectivity index (χ4n) is 1.90. The van der Waals surface area contributed by atoms with Crippen LogP contribution in [-0.2, 0) is 13.6 Å². The summed E-state index contributed by atoms with van der Waals surface area (Å²) >= 11 is 7.90. The SMILES string of the molecule is CCC(NCc1c(Cl)c(C)nn1C)c1nccs1. The Morgan fingerprint density at radius 2 is 2.33 bits per heavy atom. The van der Waals surface area contributed by atoms with Crippen molar-refractivity contribution in [3.63, 3.8) is 0 Å². The van der Waals surface area contributed by atoms with Crippen molar-refractivity contribution in [3.05, 3.63) is 33.0 Å². The van der Waals surface area contributed by atoms with Crippen LogP contribution in [0.3, 0.4) is 0 Å². The minimum atomic E-state index is 0.274. The molecular formula is C12H17ClN4S. The summed E-state index contributed by atoms with van der Waals surface area (Å²) in [5, 5.41) is 11.7. The standard InChI is InChI=1S/C12H17ClN4S/c1-4-9(12-14-5-6-18-12)15-7-10-11(13)8(2)16-17(10)3/h5-6,9,15H,4,7H2,1-3H3. The molecule has 0 saturated carbocycles. The van der Waals surface area contributed by atoms with Crippen LogP contribution in [0.25, 0.3) is 0 Å². The average Bonchev–Trinajstić information content (AvgIpc) is 2.94. The predicted octanol–water partition coefficient (Wildman–Crippen LogP) is 3.08. The summed E-state index contributed by atoms with van der Waals surface area (Å²) in [4.78, 5) is 4.35. The Hall–Kier alpha value is -0.910. The van der Waals surface area contributed by atoms with E-state index in [1.54, 1.807) is 11.3 Å². The van der Waals surface area contributed by atoms with Crippen LogP contribution in [0.1, 0.15) is 35.8 Å². The Labute approximate surface area is 116 Å². The second-order valence-electron chi connectivity index (χ2n) is 4.18. The Balaban J connectivity index is 2.06. The van der Waals surface area contributed by atoms with Gasteiger partial charge in [-0.1, -0.05) is 18.5 Å². The number of nitrogens with one attached hydrogen (secondary N) is 1. The second kappa shape index (κ2) is 5.82. The van der Waals surface area contributed by atoms with Gasteiger partial charge < -0.3 is 5.32 Å². The monoisotopic (exact) mass is 284 g/mol. The van der Waals surface area contributed by atoms with E-state index in [0.29, 0.717) is 6.54 Å². The number of aromatic nitrogens is 3. The Morgan fingerprint density at radius 1 is 1.56 bits per heavy atom. The van der Waals surface area contributed by atoms with Gasteiger partial charge in [-0.2, -0.15) is 5.10 Å². The first-order valence-corrected chi connectivity index (χ1v) is 7.20. The molecule has 1 N–H and O–H groups in total. The highest BCUT2D eigenvalue weighted by Gasteiger charge is 2.15. The predicted molar refractivity (Wildman–Crippen MR) is 74.9 cm³/mol. The molecule has 2 rings (SSSR count). The summed E-state index contributed by atoms with van der Waals surface area (Å²) in [5.41, 5.74) is 1.89. The lowest BCUT2D eigenvalue weighted by Gasteiger charge is -2.14. The van der Waals surface area contributed by atoms with Crippen LogP contribution in [0.2, 0.25) is 5.02 Å². The van der Waals surface area contributed by atoms with E-state index in [2.05, 4.69) is 22.3 Å². The highest BCUT2D eigenvalue weighted by molar-refractivity contribution is 7.09. The summed E-state index contributed by atoms with van der Waals surface area (Å²) in [7, 11) is 1.92. The zero-order valence-corrected chi connectivity index (χ0v) is 12.3. The van der Waals surface area contributed by atoms with Crippen LogP contribution in [0.4, 0.5) is 0 Å². The highest BCUT2D eigenvalue weighted by atomic mass is 35.5. The highest BCUT2D eigenvalue weighted by Crippen LogP contribution is 2.22. The first-order valence-electron chi connectivity index (χ1n) is 5.94. The number of hydrogen-bond acceptors (Lipinski definition) is 4. The summed E-state index contributed by atoms with van der Waals surface area (Å²) in [6, 6.07) is 0.274. The van der Waals surface area contributed by atoms with Crippen LogP contribution in [0.5, 0.6) is 0 Å². The minimum Gasteiger partial charge on any atom is -0.302 e. The van der Waals surface area contributed by atoms with Crippen LogP contribution in [-0.4, -0.2) is 14.8 Å². The number of rotatable bonds is 5. The van der Waals surface area contributed by atoms with Gasteiger partial charge in [-0.3, -0.25) is 4.68 Å². The van der Waals surface area contributed by atoms with Crippen molar-refractivity contribution in [1.82, 2.24) is 20.1 Å². The van der Waals surface area contributed by atoms with Crippen molar-refractivity contribution in [2.45, 2.75) is 32.9 Å². The number of hydrogen-bond donors (Lipinski definition) is 1. The molecule has 18 heavy (non-hydrogen) atoms. The molecule has 2 aromatic rings. The van der Waals surface area contributed by atoms with Gasteiger partial charge in [0.05, 0.1) is 22.5 Å². The van der Waals surface area contributed by atoms with Crippen LogP contribution < -0.4 is 5.32 Å². The van der Waals surface area contributed by atoms with Gasteiger partial charge in [-0.05, 0) is 13.3 Å². The van der Waals surface area contributed by atoms with Gasteiger partial charge in [0.2, 0.25) is 0 Å². The molecule has 0 saturated heterocycles. The third-order valence-corrected chi connectivity index (χ3v) is 4.32. The molecule has 0 aliphatic heterocycles. The van der Waals surface area contributed by atoms with Crippen LogP contribution >= 0.6 is 22.9 Å². The van der Waals surface area contributed by atoms with E-state index in [-0.39, 0.29) is 6.04 Å². The van der Waals surface area contributed by atoms with E-state index in [1.165, 1.54) is 0 Å². The van der Waals surface area contributed by atoms with E-state index in [0.717, 1.165) is 27.8 Å². The summed E-state index contributed by atoms with van der Waals surface area (Å²) in [5.74, 6) is 0. The molecule has 6 heteroatoms. The molecular weight excluding hydrogens is 268 g/mol. The minimum absolute atomic E-state index is 0.274. The lowest BCUT2D eigenvalue weighted by atomic mass is 10.2. The van der Waals surface area contributed by atoms with Crippen molar-refractivity contribution in [3.8, 4) is 0 Å². The smallest absolute Gasteiger partial charge is 0.109 e. The topological polar surface area (TPSA) is 42.7 Å². The lowest BCUT2D eigenvalue weighted by Crippen LogP contribution is -2.21. The number of halogens is 1. The molecule has 98 valence electrons. The Kier molecular flexibility index (Phi) is 4.37. The third kappa shape index (κ3) is 2.74. The van der Waals surface area contributed by atoms with E-state index in [9.17, 15) is 0 Å². The van der Waals surface area contributed by atoms with E-state index in [1.807, 2.05) is 30.2 Å². The first kappa shape index (κ1) is 13.5. The van der Waals surface area contributed by atoms with Crippen LogP contribution in [0, 0.1) is 6.92 Å². The van der Waals surface area contributed by atoms with E-state index < -0.39 is 0 Å². The molecule has 0 bridgehead atoms. The number of aryl methyl sites for hydroxylation is 2. The molecule has 0 aliphatic carbocycles. The zero-order valence-electron chi connectivity index (χ0n) is 10.8. The zero-order chi connectivity index (χ0) is 13.1. The van der Waals surface area contributed by atoms with Gasteiger partial charge >= 0.3 is 0 Å². The molecule has 0 aliphatic rings. The molecule has 0 spiro atoms. The van der Waals surface area contributed by atoms with Gasteiger partial charge in [-0.25, -0.2) is 4.98 Å².